The van der Waals surface area contributed by atoms with E-state index in [1.165, 1.54) is 4.88 Å². The van der Waals surface area contributed by atoms with Crippen molar-refractivity contribution in [1.82, 2.24) is 5.32 Å². The number of aliphatic hydroxyl groups is 1. The molecule has 0 spiro atoms. The Balaban J connectivity index is 1.52. The molecule has 3 nitrogen and oxygen atoms in total. The minimum Gasteiger partial charge on any atom is -0.393 e. The molecule has 4 heteroatoms. The summed E-state index contributed by atoms with van der Waals surface area (Å²) in [5.41, 5.74) is 0. The topological polar surface area (TPSA) is 49.3 Å². The van der Waals surface area contributed by atoms with Crippen LogP contribution in [-0.2, 0) is 11.2 Å². The molecule has 0 aromatic carbocycles. The van der Waals surface area contributed by atoms with E-state index < -0.39 is 0 Å². The zero-order valence-corrected chi connectivity index (χ0v) is 10.7. The van der Waals surface area contributed by atoms with Crippen LogP contribution in [0, 0.1) is 5.92 Å². The number of carbonyl (C=O) groups is 1. The minimum absolute atomic E-state index is 0.129. The van der Waals surface area contributed by atoms with E-state index >= 15 is 0 Å². The van der Waals surface area contributed by atoms with Crippen LogP contribution in [0.4, 0.5) is 0 Å². The fourth-order valence-corrected chi connectivity index (χ4v) is 2.84. The zero-order valence-electron chi connectivity index (χ0n) is 9.89. The average molecular weight is 253 g/mol. The zero-order chi connectivity index (χ0) is 12.1. The molecule has 1 aromatic heterocycles. The maximum Gasteiger partial charge on any atom is 0.220 e. The van der Waals surface area contributed by atoms with Crippen LogP contribution < -0.4 is 5.32 Å². The third-order valence-corrected chi connectivity index (χ3v) is 4.14. The Morgan fingerprint density at radius 3 is 3.00 bits per heavy atom. The lowest BCUT2D eigenvalue weighted by molar-refractivity contribution is -0.121. The lowest BCUT2D eigenvalue weighted by Crippen LogP contribution is -2.38. The molecule has 0 atom stereocenters. The molecular weight excluding hydrogens is 234 g/mol. The Labute approximate surface area is 106 Å². The first-order chi connectivity index (χ1) is 8.24. The number of hydrogen-bond acceptors (Lipinski definition) is 3. The number of aryl methyl sites for hydroxylation is 1. The fraction of sp³-hybridized carbons (Fsp3) is 0.615. The Morgan fingerprint density at radius 2 is 2.35 bits per heavy atom. The summed E-state index contributed by atoms with van der Waals surface area (Å²) in [7, 11) is 0. The normalized spacial score (nSPS) is 23.1. The van der Waals surface area contributed by atoms with Crippen molar-refractivity contribution >= 4 is 17.2 Å². The number of rotatable bonds is 6. The molecule has 0 bridgehead atoms. The first-order valence-corrected chi connectivity index (χ1v) is 7.09. The highest BCUT2D eigenvalue weighted by molar-refractivity contribution is 7.09. The second-order valence-corrected chi connectivity index (χ2v) is 5.76. The molecule has 1 amide bonds. The molecule has 0 aliphatic heterocycles. The Bertz CT molecular complexity index is 344. The highest BCUT2D eigenvalue weighted by Crippen LogP contribution is 2.26. The van der Waals surface area contributed by atoms with Crippen LogP contribution >= 0.6 is 11.3 Å². The van der Waals surface area contributed by atoms with Crippen molar-refractivity contribution in [3.8, 4) is 0 Å². The summed E-state index contributed by atoms with van der Waals surface area (Å²) in [6.45, 7) is 0.731. The lowest BCUT2D eigenvalue weighted by atomic mass is 9.82. The minimum atomic E-state index is -0.129. The predicted octanol–water partition coefficient (Wildman–Crippen LogP) is 1.96. The van der Waals surface area contributed by atoms with Gasteiger partial charge in [-0.2, -0.15) is 0 Å². The molecule has 1 saturated carbocycles. The highest BCUT2D eigenvalue weighted by Gasteiger charge is 2.26. The average Bonchev–Trinajstić information content (AvgIpc) is 2.76. The molecule has 1 fully saturated rings. The molecule has 0 unspecified atom stereocenters. The Hall–Kier alpha value is -0.870. The molecule has 0 radical (unpaired) electrons. The molecule has 17 heavy (non-hydrogen) atoms. The molecule has 2 rings (SSSR count). The lowest BCUT2D eigenvalue weighted by Gasteiger charge is -2.31. The van der Waals surface area contributed by atoms with Crippen LogP contribution in [0.5, 0.6) is 0 Å². The quantitative estimate of drug-likeness (QED) is 0.814. The molecule has 0 saturated heterocycles. The summed E-state index contributed by atoms with van der Waals surface area (Å²) in [5.74, 6) is 0.634. The summed E-state index contributed by atoms with van der Waals surface area (Å²) in [5, 5.41) is 14.1. The fourth-order valence-electron chi connectivity index (χ4n) is 2.09. The first-order valence-electron chi connectivity index (χ1n) is 6.21. The SMILES string of the molecule is O=C(CCCc1cccs1)NCC1CC(O)C1. The van der Waals surface area contributed by atoms with Crippen LogP contribution in [-0.4, -0.2) is 23.7 Å². The van der Waals surface area contributed by atoms with E-state index in [1.54, 1.807) is 11.3 Å². The van der Waals surface area contributed by atoms with Crippen molar-refractivity contribution in [2.24, 2.45) is 5.92 Å². The van der Waals surface area contributed by atoms with Crippen LogP contribution in [0.1, 0.15) is 30.6 Å². The van der Waals surface area contributed by atoms with Crippen LogP contribution in [0.2, 0.25) is 0 Å². The van der Waals surface area contributed by atoms with Gasteiger partial charge in [0, 0.05) is 17.8 Å². The van der Waals surface area contributed by atoms with E-state index in [-0.39, 0.29) is 12.0 Å². The number of nitrogens with one attached hydrogen (secondary N) is 1. The summed E-state index contributed by atoms with van der Waals surface area (Å²) in [4.78, 5) is 12.9. The Kier molecular flexibility index (Phi) is 4.57. The van der Waals surface area contributed by atoms with Gasteiger partial charge in [0.05, 0.1) is 6.10 Å². The summed E-state index contributed by atoms with van der Waals surface area (Å²) in [6.07, 6.45) is 4.07. The Morgan fingerprint density at radius 1 is 1.53 bits per heavy atom. The van der Waals surface area contributed by atoms with E-state index in [4.69, 9.17) is 5.11 Å². The number of thiophene rings is 1. The van der Waals surface area contributed by atoms with Gasteiger partial charge in [-0.3, -0.25) is 4.79 Å². The van der Waals surface area contributed by atoms with Crippen molar-refractivity contribution in [1.29, 1.82) is 0 Å². The van der Waals surface area contributed by atoms with E-state index in [0.29, 0.717) is 12.3 Å². The number of amides is 1. The second kappa shape index (κ2) is 6.17. The van der Waals surface area contributed by atoms with E-state index in [9.17, 15) is 4.79 Å². The summed E-state index contributed by atoms with van der Waals surface area (Å²) in [6, 6.07) is 4.15. The van der Waals surface area contributed by atoms with Gasteiger partial charge in [-0.05, 0) is 43.0 Å². The van der Waals surface area contributed by atoms with Crippen molar-refractivity contribution in [2.45, 2.75) is 38.2 Å². The molecule has 1 aliphatic carbocycles. The van der Waals surface area contributed by atoms with Gasteiger partial charge in [0.25, 0.3) is 0 Å². The van der Waals surface area contributed by atoms with Crippen molar-refractivity contribution < 1.29 is 9.90 Å². The van der Waals surface area contributed by atoms with E-state index in [0.717, 1.165) is 32.2 Å². The van der Waals surface area contributed by atoms with Crippen LogP contribution in [0.25, 0.3) is 0 Å². The number of hydrogen-bond donors (Lipinski definition) is 2. The third-order valence-electron chi connectivity index (χ3n) is 3.21. The molecule has 1 heterocycles. The molecule has 1 aliphatic rings. The van der Waals surface area contributed by atoms with Crippen molar-refractivity contribution in [2.75, 3.05) is 6.54 Å². The monoisotopic (exact) mass is 253 g/mol. The molecule has 2 N–H and O–H groups in total. The molecule has 94 valence electrons. The maximum atomic E-state index is 11.5. The first kappa shape index (κ1) is 12.6. The van der Waals surface area contributed by atoms with Gasteiger partial charge >= 0.3 is 0 Å². The highest BCUT2D eigenvalue weighted by atomic mass is 32.1. The molecular formula is C13H19NO2S. The maximum absolute atomic E-state index is 11.5. The standard InChI is InChI=1S/C13H19NO2S/c15-11-7-10(8-11)9-14-13(16)5-1-3-12-4-2-6-17-12/h2,4,6,10-11,15H,1,3,5,7-9H2,(H,14,16). The van der Waals surface area contributed by atoms with Gasteiger partial charge in [0.15, 0.2) is 0 Å². The van der Waals surface area contributed by atoms with Crippen molar-refractivity contribution in [3.05, 3.63) is 22.4 Å². The van der Waals surface area contributed by atoms with E-state index in [2.05, 4.69) is 16.8 Å². The summed E-state index contributed by atoms with van der Waals surface area (Å²) >= 11 is 1.75. The van der Waals surface area contributed by atoms with Gasteiger partial charge in [-0.1, -0.05) is 6.07 Å². The van der Waals surface area contributed by atoms with E-state index in [1.807, 2.05) is 6.07 Å². The van der Waals surface area contributed by atoms with Crippen LogP contribution in [0.15, 0.2) is 17.5 Å². The van der Waals surface area contributed by atoms with Gasteiger partial charge in [-0.25, -0.2) is 0 Å². The van der Waals surface area contributed by atoms with Gasteiger partial charge < -0.3 is 10.4 Å². The van der Waals surface area contributed by atoms with Crippen molar-refractivity contribution in [3.63, 3.8) is 0 Å². The predicted molar refractivity (Wildman–Crippen MR) is 69.0 cm³/mol. The number of aliphatic hydroxyl groups excluding tert-OH is 1. The van der Waals surface area contributed by atoms with Gasteiger partial charge in [-0.15, -0.1) is 11.3 Å². The number of carbonyl (C=O) groups excluding carboxylic acids is 1. The van der Waals surface area contributed by atoms with Crippen LogP contribution in [0.3, 0.4) is 0 Å². The largest absolute Gasteiger partial charge is 0.393 e. The van der Waals surface area contributed by atoms with Gasteiger partial charge in [0.2, 0.25) is 5.91 Å². The van der Waals surface area contributed by atoms with Gasteiger partial charge in [0.1, 0.15) is 0 Å². The summed E-state index contributed by atoms with van der Waals surface area (Å²) < 4.78 is 0. The third kappa shape index (κ3) is 4.13. The smallest absolute Gasteiger partial charge is 0.220 e. The molecule has 1 aromatic rings. The second-order valence-electron chi connectivity index (χ2n) is 4.73.